The zero-order valence-corrected chi connectivity index (χ0v) is 11.4. The van der Waals surface area contributed by atoms with Gasteiger partial charge in [-0.25, -0.2) is 17.2 Å². The molecule has 0 heterocycles. The highest BCUT2D eigenvalue weighted by Gasteiger charge is 2.27. The maximum atomic E-state index is 14.0. The molecule has 0 amide bonds. The molecule has 0 spiro atoms. The van der Waals surface area contributed by atoms with E-state index in [0.29, 0.717) is 0 Å². The van der Waals surface area contributed by atoms with Crippen LogP contribution in [0.5, 0.6) is 0 Å². The molecule has 0 saturated heterocycles. The first kappa shape index (κ1) is 15.7. The molecular weight excluding hydrogens is 274 g/mol. The second-order valence-electron chi connectivity index (χ2n) is 3.79. The predicted octanol–water partition coefficient (Wildman–Crippen LogP) is 1.62. The Balaban J connectivity index is 3.40. The Morgan fingerprint density at radius 1 is 1.42 bits per heavy atom. The average Bonchev–Trinajstić information content (AvgIpc) is 2.35. The van der Waals surface area contributed by atoms with Crippen molar-refractivity contribution in [1.29, 1.82) is 0 Å². The van der Waals surface area contributed by atoms with Crippen molar-refractivity contribution in [3.05, 3.63) is 42.0 Å². The molecule has 0 aliphatic rings. The number of hydrogen-bond donors (Lipinski definition) is 1. The van der Waals surface area contributed by atoms with E-state index in [1.807, 2.05) is 0 Å². The second kappa shape index (κ2) is 6.23. The molecule has 0 fully saturated rings. The van der Waals surface area contributed by atoms with Crippen LogP contribution in [0.1, 0.15) is 12.5 Å². The van der Waals surface area contributed by atoms with Crippen LogP contribution in [0.25, 0.3) is 0 Å². The molecule has 0 unspecified atom stereocenters. The van der Waals surface area contributed by atoms with Gasteiger partial charge in [-0.15, -0.1) is 6.58 Å². The average molecular weight is 290 g/mol. The SMILES string of the molecule is C=CCN(CC)S(=O)(=O)c1ccc(F)c(CN)c1F. The molecule has 1 aromatic carbocycles. The molecule has 0 saturated carbocycles. The lowest BCUT2D eigenvalue weighted by molar-refractivity contribution is 0.451. The molecule has 0 aliphatic carbocycles. The van der Waals surface area contributed by atoms with E-state index >= 15 is 0 Å². The molecular formula is C12H16F2N2O2S. The molecule has 1 aromatic rings. The van der Waals surface area contributed by atoms with Gasteiger partial charge in [-0.05, 0) is 12.1 Å². The highest BCUT2D eigenvalue weighted by atomic mass is 32.2. The van der Waals surface area contributed by atoms with Crippen LogP contribution >= 0.6 is 0 Å². The number of nitrogens with zero attached hydrogens (tertiary/aromatic N) is 1. The smallest absolute Gasteiger partial charge is 0.246 e. The lowest BCUT2D eigenvalue weighted by Crippen LogP contribution is -2.32. The van der Waals surface area contributed by atoms with Crippen LogP contribution in [0.4, 0.5) is 8.78 Å². The number of halogens is 2. The van der Waals surface area contributed by atoms with Crippen LogP contribution in [0.3, 0.4) is 0 Å². The predicted molar refractivity (Wildman–Crippen MR) is 68.9 cm³/mol. The third kappa shape index (κ3) is 2.99. The van der Waals surface area contributed by atoms with E-state index in [0.717, 1.165) is 16.4 Å². The summed E-state index contributed by atoms with van der Waals surface area (Å²) in [7, 11) is -4.03. The molecule has 0 radical (unpaired) electrons. The van der Waals surface area contributed by atoms with Crippen molar-refractivity contribution < 1.29 is 17.2 Å². The van der Waals surface area contributed by atoms with Crippen LogP contribution in [0.15, 0.2) is 29.7 Å². The summed E-state index contributed by atoms with van der Waals surface area (Å²) in [6, 6.07) is 1.81. The largest absolute Gasteiger partial charge is 0.326 e. The van der Waals surface area contributed by atoms with Gasteiger partial charge in [0.15, 0.2) is 5.82 Å². The van der Waals surface area contributed by atoms with Crippen LogP contribution in [0.2, 0.25) is 0 Å². The molecule has 0 aromatic heterocycles. The molecule has 7 heteroatoms. The Morgan fingerprint density at radius 3 is 2.53 bits per heavy atom. The number of hydrogen-bond acceptors (Lipinski definition) is 3. The molecule has 0 atom stereocenters. The number of benzene rings is 1. The first-order valence-corrected chi connectivity index (χ1v) is 7.12. The summed E-state index contributed by atoms with van der Waals surface area (Å²) in [4.78, 5) is -0.571. The van der Waals surface area contributed by atoms with E-state index in [9.17, 15) is 17.2 Å². The van der Waals surface area contributed by atoms with Gasteiger partial charge in [0.05, 0.1) is 0 Å². The minimum Gasteiger partial charge on any atom is -0.326 e. The quantitative estimate of drug-likeness (QED) is 0.810. The lowest BCUT2D eigenvalue weighted by Gasteiger charge is -2.19. The molecule has 1 rings (SSSR count). The van der Waals surface area contributed by atoms with Crippen molar-refractivity contribution in [2.24, 2.45) is 5.73 Å². The van der Waals surface area contributed by atoms with Gasteiger partial charge >= 0.3 is 0 Å². The lowest BCUT2D eigenvalue weighted by atomic mass is 10.2. The summed E-state index contributed by atoms with van der Waals surface area (Å²) in [5.41, 5.74) is 4.79. The van der Waals surface area contributed by atoms with Crippen molar-refractivity contribution in [3.63, 3.8) is 0 Å². The molecule has 0 aliphatic heterocycles. The van der Waals surface area contributed by atoms with Crippen molar-refractivity contribution in [1.82, 2.24) is 4.31 Å². The summed E-state index contributed by atoms with van der Waals surface area (Å²) >= 11 is 0. The van der Waals surface area contributed by atoms with Gasteiger partial charge in [0.25, 0.3) is 0 Å². The number of sulfonamides is 1. The van der Waals surface area contributed by atoms with Gasteiger partial charge in [0.2, 0.25) is 10.0 Å². The number of rotatable bonds is 6. The van der Waals surface area contributed by atoms with Gasteiger partial charge < -0.3 is 5.73 Å². The van der Waals surface area contributed by atoms with E-state index in [4.69, 9.17) is 5.73 Å². The molecule has 4 nitrogen and oxygen atoms in total. The number of nitrogens with two attached hydrogens (primary N) is 1. The van der Waals surface area contributed by atoms with Gasteiger partial charge in [0, 0.05) is 25.2 Å². The normalized spacial score (nSPS) is 11.8. The third-order valence-corrected chi connectivity index (χ3v) is 4.62. The zero-order chi connectivity index (χ0) is 14.6. The highest BCUT2D eigenvalue weighted by molar-refractivity contribution is 7.89. The van der Waals surface area contributed by atoms with Crippen LogP contribution < -0.4 is 5.73 Å². The fraction of sp³-hybridized carbons (Fsp3) is 0.333. The van der Waals surface area contributed by atoms with Gasteiger partial charge in [-0.1, -0.05) is 13.0 Å². The van der Waals surface area contributed by atoms with Gasteiger partial charge in [-0.3, -0.25) is 0 Å². The first-order chi connectivity index (χ1) is 8.89. The van der Waals surface area contributed by atoms with Crippen molar-refractivity contribution in [2.45, 2.75) is 18.4 Å². The first-order valence-electron chi connectivity index (χ1n) is 5.68. The van der Waals surface area contributed by atoms with Crippen molar-refractivity contribution in [2.75, 3.05) is 13.1 Å². The Kier molecular flexibility index (Phi) is 5.16. The van der Waals surface area contributed by atoms with E-state index in [-0.39, 0.29) is 13.1 Å². The Labute approximate surface area is 111 Å². The summed E-state index contributed by atoms with van der Waals surface area (Å²) in [5, 5.41) is 0. The summed E-state index contributed by atoms with van der Waals surface area (Å²) in [6.45, 7) is 4.86. The highest BCUT2D eigenvalue weighted by Crippen LogP contribution is 2.23. The Hall–Kier alpha value is -1.31. The minimum absolute atomic E-state index is 0.0492. The summed E-state index contributed by atoms with van der Waals surface area (Å²) in [5.74, 6) is -1.99. The minimum atomic E-state index is -4.03. The van der Waals surface area contributed by atoms with E-state index in [1.54, 1.807) is 6.92 Å². The topological polar surface area (TPSA) is 63.4 Å². The fourth-order valence-electron chi connectivity index (χ4n) is 1.64. The Bertz CT molecular complexity index is 573. The standard InChI is InChI=1S/C12H16F2N2O2S/c1-3-7-16(4-2)19(17,18)11-6-5-10(13)9(8-15)12(11)14/h3,5-6H,1,4,7-8,15H2,2H3. The van der Waals surface area contributed by atoms with Crippen molar-refractivity contribution >= 4 is 10.0 Å². The van der Waals surface area contributed by atoms with E-state index < -0.39 is 38.7 Å². The van der Waals surface area contributed by atoms with Crippen molar-refractivity contribution in [3.8, 4) is 0 Å². The fourth-order valence-corrected chi connectivity index (χ4v) is 3.15. The summed E-state index contributed by atoms with van der Waals surface area (Å²) < 4.78 is 52.8. The van der Waals surface area contributed by atoms with Crippen LogP contribution in [-0.2, 0) is 16.6 Å². The molecule has 19 heavy (non-hydrogen) atoms. The molecule has 106 valence electrons. The zero-order valence-electron chi connectivity index (χ0n) is 10.6. The van der Waals surface area contributed by atoms with Crippen LogP contribution in [-0.4, -0.2) is 25.8 Å². The monoisotopic (exact) mass is 290 g/mol. The van der Waals surface area contributed by atoms with Crippen LogP contribution in [0, 0.1) is 11.6 Å². The van der Waals surface area contributed by atoms with E-state index in [2.05, 4.69) is 6.58 Å². The number of likely N-dealkylation sites (N-methyl/N-ethyl adjacent to an activating group) is 1. The maximum absolute atomic E-state index is 14.0. The Morgan fingerprint density at radius 2 is 2.05 bits per heavy atom. The summed E-state index contributed by atoms with van der Waals surface area (Å²) in [6.07, 6.45) is 1.40. The molecule has 0 bridgehead atoms. The molecule has 2 N–H and O–H groups in total. The van der Waals surface area contributed by atoms with Gasteiger partial charge in [0.1, 0.15) is 10.7 Å². The third-order valence-electron chi connectivity index (χ3n) is 2.66. The van der Waals surface area contributed by atoms with E-state index in [1.165, 1.54) is 6.08 Å². The maximum Gasteiger partial charge on any atom is 0.246 e. The van der Waals surface area contributed by atoms with Gasteiger partial charge in [-0.2, -0.15) is 4.31 Å². The second-order valence-corrected chi connectivity index (χ2v) is 5.69.